The zero-order valence-corrected chi connectivity index (χ0v) is 15.7. The molecule has 3 rings (SSSR count). The summed E-state index contributed by atoms with van der Waals surface area (Å²) < 4.78 is 5.47. The van der Waals surface area contributed by atoms with E-state index in [1.54, 1.807) is 24.3 Å². The minimum atomic E-state index is -0.489. The molecular weight excluding hydrogens is 352 g/mol. The van der Waals surface area contributed by atoms with E-state index in [1.165, 1.54) is 0 Å². The molecule has 1 unspecified atom stereocenters. The van der Waals surface area contributed by atoms with Crippen LogP contribution in [0.15, 0.2) is 42.5 Å². The van der Waals surface area contributed by atoms with Gasteiger partial charge in [0.1, 0.15) is 6.10 Å². The number of halogens is 1. The average molecular weight is 373 g/mol. The highest BCUT2D eigenvalue weighted by atomic mass is 35.5. The van der Waals surface area contributed by atoms with Crippen LogP contribution in [0.3, 0.4) is 0 Å². The van der Waals surface area contributed by atoms with Gasteiger partial charge in [0.05, 0.1) is 5.41 Å². The molecule has 2 aromatic carbocycles. The first-order valence-corrected chi connectivity index (χ1v) is 8.77. The molecule has 1 aliphatic rings. The summed E-state index contributed by atoms with van der Waals surface area (Å²) in [5.41, 5.74) is 2.57. The van der Waals surface area contributed by atoms with Crippen LogP contribution in [0.2, 0.25) is 5.02 Å². The van der Waals surface area contributed by atoms with Gasteiger partial charge in [0.25, 0.3) is 0 Å². The minimum Gasteiger partial charge on any atom is -0.457 e. The molecule has 5 nitrogen and oxygen atoms in total. The van der Waals surface area contributed by atoms with Crippen molar-refractivity contribution >= 4 is 35.0 Å². The Balaban J connectivity index is 1.69. The first-order chi connectivity index (χ1) is 12.2. The van der Waals surface area contributed by atoms with Crippen LogP contribution < -0.4 is 10.6 Å². The van der Waals surface area contributed by atoms with Gasteiger partial charge in [0.15, 0.2) is 0 Å². The molecule has 2 N–H and O–H groups in total. The van der Waals surface area contributed by atoms with Gasteiger partial charge in [0.2, 0.25) is 0 Å². The number of esters is 1. The summed E-state index contributed by atoms with van der Waals surface area (Å²) in [7, 11) is 0. The Morgan fingerprint density at radius 1 is 1.19 bits per heavy atom. The first-order valence-electron chi connectivity index (χ1n) is 8.40. The molecule has 0 saturated carbocycles. The largest absolute Gasteiger partial charge is 0.457 e. The summed E-state index contributed by atoms with van der Waals surface area (Å²) in [6, 6.07) is 12.3. The highest BCUT2D eigenvalue weighted by Crippen LogP contribution is 2.41. The zero-order chi connectivity index (χ0) is 18.9. The predicted molar refractivity (Wildman–Crippen MR) is 103 cm³/mol. The number of urea groups is 1. The first kappa shape index (κ1) is 18.3. The number of rotatable bonds is 3. The number of cyclic esters (lactones) is 1. The summed E-state index contributed by atoms with van der Waals surface area (Å²) in [6.07, 6.45) is 0.326. The lowest BCUT2D eigenvalue weighted by atomic mass is 9.88. The lowest BCUT2D eigenvalue weighted by molar-refractivity contribution is -0.147. The van der Waals surface area contributed by atoms with Gasteiger partial charge in [-0.1, -0.05) is 23.7 Å². The molecule has 1 heterocycles. The van der Waals surface area contributed by atoms with Gasteiger partial charge in [0, 0.05) is 22.8 Å². The van der Waals surface area contributed by atoms with Gasteiger partial charge < -0.3 is 15.4 Å². The van der Waals surface area contributed by atoms with Gasteiger partial charge in [-0.25, -0.2) is 4.79 Å². The molecular formula is C20H21ClN2O3. The topological polar surface area (TPSA) is 67.4 Å². The standard InChI is InChI=1S/C20H21ClN2O3/c1-12-9-14(21)7-8-16(12)23-19(25)22-15-6-4-5-13(10-15)17-11-20(2,3)18(24)26-17/h4-10,17H,11H2,1-3H3,(H2,22,23,25). The number of ether oxygens (including phenoxy) is 1. The highest BCUT2D eigenvalue weighted by Gasteiger charge is 2.42. The predicted octanol–water partition coefficient (Wildman–Crippen LogP) is 5.31. The second kappa shape index (κ2) is 7.00. The van der Waals surface area contributed by atoms with Gasteiger partial charge in [-0.3, -0.25) is 4.79 Å². The second-order valence-electron chi connectivity index (χ2n) is 7.15. The third-order valence-electron chi connectivity index (χ3n) is 4.45. The Kier molecular flexibility index (Phi) is 4.92. The lowest BCUT2D eigenvalue weighted by Gasteiger charge is -2.13. The van der Waals surface area contributed by atoms with Crippen LogP contribution in [0.1, 0.15) is 37.5 Å². The monoisotopic (exact) mass is 372 g/mol. The number of benzene rings is 2. The summed E-state index contributed by atoms with van der Waals surface area (Å²) in [6.45, 7) is 5.62. The Morgan fingerprint density at radius 2 is 1.96 bits per heavy atom. The van der Waals surface area contributed by atoms with Gasteiger partial charge >= 0.3 is 12.0 Å². The smallest absolute Gasteiger partial charge is 0.323 e. The number of anilines is 2. The van der Waals surface area contributed by atoms with Crippen molar-refractivity contribution < 1.29 is 14.3 Å². The summed E-state index contributed by atoms with van der Waals surface area (Å²) in [5, 5.41) is 6.23. The summed E-state index contributed by atoms with van der Waals surface area (Å²) >= 11 is 5.93. The SMILES string of the molecule is Cc1cc(Cl)ccc1NC(=O)Nc1cccc(C2CC(C)(C)C(=O)O2)c1. The fourth-order valence-corrected chi connectivity index (χ4v) is 3.16. The third-order valence-corrected chi connectivity index (χ3v) is 4.69. The molecule has 6 heteroatoms. The van der Waals surface area contributed by atoms with Crippen molar-refractivity contribution in [2.45, 2.75) is 33.3 Å². The molecule has 26 heavy (non-hydrogen) atoms. The fraction of sp³-hybridized carbons (Fsp3) is 0.300. The maximum absolute atomic E-state index is 12.3. The Bertz CT molecular complexity index is 864. The van der Waals surface area contributed by atoms with Crippen LogP contribution in [0.25, 0.3) is 0 Å². The Hall–Kier alpha value is -2.53. The molecule has 136 valence electrons. The van der Waals surface area contributed by atoms with E-state index in [1.807, 2.05) is 39.0 Å². The van der Waals surface area contributed by atoms with Crippen molar-refractivity contribution in [1.82, 2.24) is 0 Å². The average Bonchev–Trinajstić information content (AvgIpc) is 2.84. The number of aryl methyl sites for hydroxylation is 1. The van der Waals surface area contributed by atoms with E-state index in [-0.39, 0.29) is 18.1 Å². The van der Waals surface area contributed by atoms with E-state index in [4.69, 9.17) is 16.3 Å². The van der Waals surface area contributed by atoms with Crippen molar-refractivity contribution in [2.24, 2.45) is 5.41 Å². The molecule has 2 aromatic rings. The molecule has 1 atom stereocenters. The van der Waals surface area contributed by atoms with E-state index in [9.17, 15) is 9.59 Å². The molecule has 2 amide bonds. The van der Waals surface area contributed by atoms with E-state index in [2.05, 4.69) is 10.6 Å². The van der Waals surface area contributed by atoms with Crippen molar-refractivity contribution in [3.63, 3.8) is 0 Å². The number of nitrogens with one attached hydrogen (secondary N) is 2. The van der Waals surface area contributed by atoms with Gasteiger partial charge in [-0.2, -0.15) is 0 Å². The van der Waals surface area contributed by atoms with Crippen LogP contribution in [-0.4, -0.2) is 12.0 Å². The molecule has 1 aliphatic heterocycles. The number of hydrogen-bond donors (Lipinski definition) is 2. The molecule has 0 spiro atoms. The van der Waals surface area contributed by atoms with E-state index in [0.717, 1.165) is 11.1 Å². The normalized spacial score (nSPS) is 18.3. The van der Waals surface area contributed by atoms with E-state index >= 15 is 0 Å². The highest BCUT2D eigenvalue weighted by molar-refractivity contribution is 6.30. The fourth-order valence-electron chi connectivity index (χ4n) is 2.93. The Labute approximate surface area is 157 Å². The Morgan fingerprint density at radius 3 is 2.62 bits per heavy atom. The van der Waals surface area contributed by atoms with Crippen molar-refractivity contribution in [3.8, 4) is 0 Å². The number of carbonyl (C=O) groups is 2. The van der Waals surface area contributed by atoms with Crippen molar-refractivity contribution in [1.29, 1.82) is 0 Å². The number of hydrogen-bond acceptors (Lipinski definition) is 3. The number of carbonyl (C=O) groups excluding carboxylic acids is 2. The van der Waals surface area contributed by atoms with E-state index < -0.39 is 5.41 Å². The van der Waals surface area contributed by atoms with Crippen LogP contribution in [-0.2, 0) is 9.53 Å². The van der Waals surface area contributed by atoms with Crippen LogP contribution >= 0.6 is 11.6 Å². The summed E-state index contributed by atoms with van der Waals surface area (Å²) in [5.74, 6) is -0.197. The maximum Gasteiger partial charge on any atom is 0.323 e. The zero-order valence-electron chi connectivity index (χ0n) is 14.9. The lowest BCUT2D eigenvalue weighted by Crippen LogP contribution is -2.20. The van der Waals surface area contributed by atoms with Crippen LogP contribution in [0.4, 0.5) is 16.2 Å². The molecule has 0 aromatic heterocycles. The molecule has 0 aliphatic carbocycles. The van der Waals surface area contributed by atoms with E-state index in [0.29, 0.717) is 22.8 Å². The molecule has 1 saturated heterocycles. The van der Waals surface area contributed by atoms with Crippen LogP contribution in [0, 0.1) is 12.3 Å². The van der Waals surface area contributed by atoms with Crippen molar-refractivity contribution in [2.75, 3.05) is 10.6 Å². The quantitative estimate of drug-likeness (QED) is 0.718. The number of amides is 2. The van der Waals surface area contributed by atoms with Crippen LogP contribution in [0.5, 0.6) is 0 Å². The van der Waals surface area contributed by atoms with Gasteiger partial charge in [-0.15, -0.1) is 0 Å². The van der Waals surface area contributed by atoms with Gasteiger partial charge in [-0.05, 0) is 62.2 Å². The molecule has 0 bridgehead atoms. The van der Waals surface area contributed by atoms with Crippen molar-refractivity contribution in [3.05, 3.63) is 58.6 Å². The minimum absolute atomic E-state index is 0.197. The second-order valence-corrected chi connectivity index (χ2v) is 7.58. The maximum atomic E-state index is 12.3. The summed E-state index contributed by atoms with van der Waals surface area (Å²) in [4.78, 5) is 24.2. The molecule has 1 fully saturated rings. The third kappa shape index (κ3) is 3.99. The molecule has 0 radical (unpaired) electrons.